The Bertz CT molecular complexity index is 979. The first-order valence-electron chi connectivity index (χ1n) is 13.4. The number of piperazine rings is 1. The van der Waals surface area contributed by atoms with Gasteiger partial charge in [0.2, 0.25) is 0 Å². The molecule has 4 heteroatoms. The van der Waals surface area contributed by atoms with Gasteiger partial charge in [0.1, 0.15) is 11.6 Å². The van der Waals surface area contributed by atoms with E-state index in [2.05, 4.69) is 34.1 Å². The van der Waals surface area contributed by atoms with E-state index in [1.807, 2.05) is 42.5 Å². The van der Waals surface area contributed by atoms with Crippen molar-refractivity contribution in [2.75, 3.05) is 32.7 Å². The van der Waals surface area contributed by atoms with Gasteiger partial charge in [-0.3, -0.25) is 9.80 Å². The minimum atomic E-state index is -0.244. The van der Waals surface area contributed by atoms with Crippen molar-refractivity contribution in [1.82, 2.24) is 9.80 Å². The van der Waals surface area contributed by atoms with Crippen LogP contribution < -0.4 is 0 Å². The normalized spacial score (nSPS) is 17.2. The average molecular weight is 489 g/mol. The maximum Gasteiger partial charge on any atom is 0.123 e. The highest BCUT2D eigenvalue weighted by atomic mass is 19.1. The molecule has 0 amide bonds. The van der Waals surface area contributed by atoms with Gasteiger partial charge in [-0.1, -0.05) is 105 Å². The van der Waals surface area contributed by atoms with Crippen molar-refractivity contribution in [3.63, 3.8) is 0 Å². The second kappa shape index (κ2) is 14.1. The van der Waals surface area contributed by atoms with Gasteiger partial charge in [0.15, 0.2) is 0 Å². The zero-order valence-corrected chi connectivity index (χ0v) is 21.2. The van der Waals surface area contributed by atoms with Crippen LogP contribution in [0.1, 0.15) is 61.3 Å². The summed E-state index contributed by atoms with van der Waals surface area (Å²) >= 11 is 0. The summed E-state index contributed by atoms with van der Waals surface area (Å²) in [7, 11) is 0. The third-order valence-corrected chi connectivity index (χ3v) is 7.12. The smallest absolute Gasteiger partial charge is 0.123 e. The van der Waals surface area contributed by atoms with Crippen molar-refractivity contribution in [1.29, 1.82) is 0 Å². The lowest BCUT2D eigenvalue weighted by Gasteiger charge is -2.39. The van der Waals surface area contributed by atoms with Crippen LogP contribution in [0.3, 0.4) is 0 Å². The Morgan fingerprint density at radius 1 is 0.611 bits per heavy atom. The number of hydrogen-bond donors (Lipinski definition) is 0. The Kier molecular flexibility index (Phi) is 10.2. The van der Waals surface area contributed by atoms with E-state index in [4.69, 9.17) is 0 Å². The number of halogens is 2. The van der Waals surface area contributed by atoms with Gasteiger partial charge in [-0.25, -0.2) is 8.78 Å². The summed E-state index contributed by atoms with van der Waals surface area (Å²) < 4.78 is 26.9. The van der Waals surface area contributed by atoms with Crippen LogP contribution in [0.5, 0.6) is 0 Å². The summed E-state index contributed by atoms with van der Waals surface area (Å²) in [6.07, 6.45) is 13.4. The number of hydrogen-bond acceptors (Lipinski definition) is 2. The van der Waals surface area contributed by atoms with Crippen LogP contribution in [0.15, 0.2) is 84.9 Å². The Morgan fingerprint density at radius 2 is 1.08 bits per heavy atom. The standard InChI is InChI=1S/C26H26F2N2.C6H12/c27-24-12-8-22(9-13-24)26(23-10-14-25(28)15-11-23)30-19-17-29(18-20-30)16-4-7-21-5-2-1-3-6-21;1-2-4-6-5-3-1/h1-15,26H,16-20H2;1-6H2/b7-4+;. The minimum Gasteiger partial charge on any atom is -0.297 e. The molecule has 2 aliphatic rings. The molecule has 2 nitrogen and oxygen atoms in total. The fourth-order valence-electron chi connectivity index (χ4n) is 5.07. The van der Waals surface area contributed by atoms with E-state index >= 15 is 0 Å². The molecule has 0 N–H and O–H groups in total. The molecule has 0 bridgehead atoms. The molecule has 0 aromatic heterocycles. The summed E-state index contributed by atoms with van der Waals surface area (Å²) in [6.45, 7) is 4.63. The largest absolute Gasteiger partial charge is 0.297 e. The number of rotatable bonds is 6. The van der Waals surface area contributed by atoms with E-state index in [0.29, 0.717) is 0 Å². The first-order valence-corrected chi connectivity index (χ1v) is 13.4. The van der Waals surface area contributed by atoms with Gasteiger partial charge >= 0.3 is 0 Å². The molecular formula is C32H38F2N2. The van der Waals surface area contributed by atoms with Crippen LogP contribution >= 0.6 is 0 Å². The maximum absolute atomic E-state index is 13.5. The number of benzene rings is 3. The van der Waals surface area contributed by atoms with E-state index in [9.17, 15) is 8.78 Å². The highest BCUT2D eigenvalue weighted by molar-refractivity contribution is 5.48. The van der Waals surface area contributed by atoms with Crippen LogP contribution in [-0.2, 0) is 0 Å². The summed E-state index contributed by atoms with van der Waals surface area (Å²) in [5.74, 6) is -0.488. The fourth-order valence-corrected chi connectivity index (χ4v) is 5.07. The zero-order valence-electron chi connectivity index (χ0n) is 21.2. The predicted molar refractivity (Wildman–Crippen MR) is 146 cm³/mol. The summed E-state index contributed by atoms with van der Waals surface area (Å²) in [6, 6.07) is 23.6. The molecule has 5 rings (SSSR count). The van der Waals surface area contributed by atoms with E-state index in [-0.39, 0.29) is 17.7 Å². The molecule has 1 aliphatic heterocycles. The van der Waals surface area contributed by atoms with Crippen molar-refractivity contribution in [3.05, 3.63) is 113 Å². The second-order valence-corrected chi connectivity index (χ2v) is 9.78. The topological polar surface area (TPSA) is 6.48 Å². The molecule has 1 aliphatic carbocycles. The highest BCUT2D eigenvalue weighted by Gasteiger charge is 2.26. The minimum absolute atomic E-state index is 0.00629. The SMILES string of the molecule is C1CCCCC1.Fc1ccc(C(c2ccc(F)cc2)N2CCN(C/C=C/c3ccccc3)CC2)cc1. The van der Waals surface area contributed by atoms with Crippen LogP contribution in [-0.4, -0.2) is 42.5 Å². The monoisotopic (exact) mass is 488 g/mol. The van der Waals surface area contributed by atoms with Gasteiger partial charge in [0.25, 0.3) is 0 Å². The third kappa shape index (κ3) is 8.11. The summed E-state index contributed by atoms with van der Waals surface area (Å²) in [4.78, 5) is 4.83. The fraction of sp³-hybridized carbons (Fsp3) is 0.375. The molecule has 0 radical (unpaired) electrons. The molecule has 2 fully saturated rings. The summed E-state index contributed by atoms with van der Waals surface area (Å²) in [5.41, 5.74) is 3.27. The molecule has 0 atom stereocenters. The quantitative estimate of drug-likeness (QED) is 0.350. The van der Waals surface area contributed by atoms with Crippen molar-refractivity contribution in [2.45, 2.75) is 44.6 Å². The van der Waals surface area contributed by atoms with E-state index in [1.54, 1.807) is 0 Å². The van der Waals surface area contributed by atoms with Gasteiger partial charge in [-0.2, -0.15) is 0 Å². The van der Waals surface area contributed by atoms with E-state index in [1.165, 1.54) is 68.4 Å². The molecule has 0 spiro atoms. The van der Waals surface area contributed by atoms with Gasteiger partial charge in [0.05, 0.1) is 6.04 Å². The van der Waals surface area contributed by atoms with Crippen LogP contribution in [0.4, 0.5) is 8.78 Å². The Hall–Kier alpha value is -2.82. The Morgan fingerprint density at radius 3 is 1.56 bits per heavy atom. The van der Waals surface area contributed by atoms with E-state index in [0.717, 1.165) is 43.9 Å². The van der Waals surface area contributed by atoms with Crippen molar-refractivity contribution in [3.8, 4) is 0 Å². The van der Waals surface area contributed by atoms with Gasteiger partial charge in [-0.05, 0) is 41.0 Å². The maximum atomic E-state index is 13.5. The molecule has 1 heterocycles. The Balaban J connectivity index is 0.000000445. The predicted octanol–water partition coefficient (Wildman–Crippen LogP) is 7.73. The third-order valence-electron chi connectivity index (χ3n) is 7.12. The first-order chi connectivity index (χ1) is 17.7. The molecule has 3 aromatic rings. The van der Waals surface area contributed by atoms with Crippen molar-refractivity contribution in [2.24, 2.45) is 0 Å². The van der Waals surface area contributed by atoms with Crippen LogP contribution in [0.2, 0.25) is 0 Å². The highest BCUT2D eigenvalue weighted by Crippen LogP contribution is 2.30. The Labute approximate surface area is 215 Å². The van der Waals surface area contributed by atoms with E-state index < -0.39 is 0 Å². The molecule has 0 unspecified atom stereocenters. The van der Waals surface area contributed by atoms with Crippen LogP contribution in [0, 0.1) is 11.6 Å². The van der Waals surface area contributed by atoms with Gasteiger partial charge in [0, 0.05) is 32.7 Å². The molecule has 3 aromatic carbocycles. The molecular weight excluding hydrogens is 450 g/mol. The molecule has 1 saturated carbocycles. The lowest BCUT2D eigenvalue weighted by atomic mass is 9.96. The van der Waals surface area contributed by atoms with Gasteiger partial charge in [-0.15, -0.1) is 0 Å². The van der Waals surface area contributed by atoms with Gasteiger partial charge < -0.3 is 0 Å². The molecule has 190 valence electrons. The number of nitrogens with zero attached hydrogens (tertiary/aromatic N) is 2. The lowest BCUT2D eigenvalue weighted by Crippen LogP contribution is -2.47. The van der Waals surface area contributed by atoms with Crippen molar-refractivity contribution < 1.29 is 8.78 Å². The summed E-state index contributed by atoms with van der Waals surface area (Å²) in [5, 5.41) is 0. The molecule has 1 saturated heterocycles. The average Bonchev–Trinajstić information content (AvgIpc) is 2.94. The second-order valence-electron chi connectivity index (χ2n) is 9.78. The zero-order chi connectivity index (χ0) is 25.0. The lowest BCUT2D eigenvalue weighted by molar-refractivity contribution is 0.118. The first kappa shape index (κ1) is 26.2. The van der Waals surface area contributed by atoms with Crippen molar-refractivity contribution >= 4 is 6.08 Å². The molecule has 36 heavy (non-hydrogen) atoms. The van der Waals surface area contributed by atoms with Crippen LogP contribution in [0.25, 0.3) is 6.08 Å².